The van der Waals surface area contributed by atoms with Crippen LogP contribution in [0.5, 0.6) is 17.2 Å². The van der Waals surface area contributed by atoms with E-state index in [1.165, 1.54) is 21.3 Å². The number of thiazole rings is 1. The molecule has 3 aromatic rings. The molecule has 2 aromatic heterocycles. The standard InChI is InChI=1S/C21H22N4O6S/c1-12-18(32-20(25-12)19-22-6-5-7-23-19)21(27)31-11-17(26)24-10-13-8-15(29-3)16(30-4)9-14(13)28-2/h5-9H,10-11H2,1-4H3,(H,24,26). The highest BCUT2D eigenvalue weighted by atomic mass is 32.1. The van der Waals surface area contributed by atoms with E-state index in [4.69, 9.17) is 18.9 Å². The Kier molecular flexibility index (Phi) is 7.55. The molecule has 2 heterocycles. The van der Waals surface area contributed by atoms with Crippen LogP contribution in [0.25, 0.3) is 10.8 Å². The highest BCUT2D eigenvalue weighted by Gasteiger charge is 2.20. The Hall–Kier alpha value is -3.73. The highest BCUT2D eigenvalue weighted by molar-refractivity contribution is 7.16. The van der Waals surface area contributed by atoms with Gasteiger partial charge in [-0.05, 0) is 19.1 Å². The van der Waals surface area contributed by atoms with Crippen LogP contribution in [0.3, 0.4) is 0 Å². The fourth-order valence-electron chi connectivity index (χ4n) is 2.76. The number of aryl methyl sites for hydroxylation is 1. The Morgan fingerprint density at radius 2 is 1.66 bits per heavy atom. The minimum Gasteiger partial charge on any atom is -0.496 e. The first-order valence-corrected chi connectivity index (χ1v) is 10.3. The number of nitrogens with zero attached hydrogens (tertiary/aromatic N) is 3. The van der Waals surface area contributed by atoms with Crippen molar-refractivity contribution in [3.63, 3.8) is 0 Å². The molecule has 0 saturated carbocycles. The summed E-state index contributed by atoms with van der Waals surface area (Å²) in [7, 11) is 4.55. The van der Waals surface area contributed by atoms with Gasteiger partial charge in [0.1, 0.15) is 10.6 Å². The van der Waals surface area contributed by atoms with Crippen LogP contribution in [0.1, 0.15) is 20.9 Å². The van der Waals surface area contributed by atoms with Gasteiger partial charge in [0.2, 0.25) is 0 Å². The van der Waals surface area contributed by atoms with E-state index in [2.05, 4.69) is 20.3 Å². The maximum Gasteiger partial charge on any atom is 0.350 e. The molecule has 168 valence electrons. The van der Waals surface area contributed by atoms with Crippen LogP contribution < -0.4 is 19.5 Å². The number of esters is 1. The molecule has 0 aliphatic rings. The van der Waals surface area contributed by atoms with E-state index >= 15 is 0 Å². The summed E-state index contributed by atoms with van der Waals surface area (Å²) >= 11 is 1.11. The molecule has 0 bridgehead atoms. The molecule has 0 aliphatic heterocycles. The number of carbonyl (C=O) groups excluding carboxylic acids is 2. The maximum atomic E-state index is 12.4. The Balaban J connectivity index is 1.59. The first-order chi connectivity index (χ1) is 15.5. The Morgan fingerprint density at radius 1 is 1.00 bits per heavy atom. The summed E-state index contributed by atoms with van der Waals surface area (Å²) in [5.74, 6) is 0.846. The zero-order valence-corrected chi connectivity index (χ0v) is 18.8. The third-order valence-corrected chi connectivity index (χ3v) is 5.47. The van der Waals surface area contributed by atoms with Crippen molar-refractivity contribution < 1.29 is 28.5 Å². The zero-order chi connectivity index (χ0) is 23.1. The predicted molar refractivity (Wildman–Crippen MR) is 116 cm³/mol. The molecule has 0 aliphatic carbocycles. The summed E-state index contributed by atoms with van der Waals surface area (Å²) in [6.07, 6.45) is 3.18. The monoisotopic (exact) mass is 458 g/mol. The van der Waals surface area contributed by atoms with E-state index in [1.807, 2.05) is 0 Å². The third-order valence-electron chi connectivity index (χ3n) is 4.34. The lowest BCUT2D eigenvalue weighted by Gasteiger charge is -2.14. The van der Waals surface area contributed by atoms with Crippen LogP contribution in [0, 0.1) is 6.92 Å². The number of amides is 1. The van der Waals surface area contributed by atoms with Gasteiger partial charge in [-0.3, -0.25) is 4.79 Å². The normalized spacial score (nSPS) is 10.4. The van der Waals surface area contributed by atoms with Gasteiger partial charge in [0, 0.05) is 30.6 Å². The second-order valence-electron chi connectivity index (χ2n) is 6.38. The molecule has 3 rings (SSSR count). The van der Waals surface area contributed by atoms with Crippen LogP contribution in [-0.2, 0) is 16.1 Å². The zero-order valence-electron chi connectivity index (χ0n) is 18.0. The van der Waals surface area contributed by atoms with Crippen LogP contribution >= 0.6 is 11.3 Å². The van der Waals surface area contributed by atoms with Crippen LogP contribution in [0.15, 0.2) is 30.6 Å². The average Bonchev–Trinajstić information content (AvgIpc) is 3.22. The smallest absolute Gasteiger partial charge is 0.350 e. The summed E-state index contributed by atoms with van der Waals surface area (Å²) in [5.41, 5.74) is 1.16. The highest BCUT2D eigenvalue weighted by Crippen LogP contribution is 2.34. The number of ether oxygens (including phenoxy) is 4. The van der Waals surface area contributed by atoms with E-state index in [0.717, 1.165) is 11.3 Å². The molecule has 1 aromatic carbocycles. The fraction of sp³-hybridized carbons (Fsp3) is 0.286. The molecular formula is C21H22N4O6S. The van der Waals surface area contributed by atoms with Gasteiger partial charge in [0.05, 0.1) is 27.0 Å². The SMILES string of the molecule is COc1cc(OC)c(OC)cc1CNC(=O)COC(=O)c1sc(-c2ncccn2)nc1C. The third kappa shape index (κ3) is 5.30. The second kappa shape index (κ2) is 10.5. The molecule has 0 saturated heterocycles. The van der Waals surface area contributed by atoms with Gasteiger partial charge in [-0.2, -0.15) is 0 Å². The maximum absolute atomic E-state index is 12.4. The van der Waals surface area contributed by atoms with Crippen molar-refractivity contribution in [3.05, 3.63) is 46.7 Å². The Bertz CT molecular complexity index is 1100. The number of aromatic nitrogens is 3. The minimum atomic E-state index is -0.638. The van der Waals surface area contributed by atoms with Gasteiger partial charge in [0.25, 0.3) is 5.91 Å². The average molecular weight is 458 g/mol. The summed E-state index contributed by atoms with van der Waals surface area (Å²) in [5, 5.41) is 3.19. The molecule has 1 amide bonds. The van der Waals surface area contributed by atoms with Crippen molar-refractivity contribution >= 4 is 23.2 Å². The molecule has 0 fully saturated rings. The summed E-state index contributed by atoms with van der Waals surface area (Å²) in [4.78, 5) is 37.5. The summed E-state index contributed by atoms with van der Waals surface area (Å²) < 4.78 is 21.0. The number of hydrogen-bond acceptors (Lipinski definition) is 10. The van der Waals surface area contributed by atoms with Gasteiger partial charge in [-0.1, -0.05) is 0 Å². The van der Waals surface area contributed by atoms with Crippen molar-refractivity contribution in [2.45, 2.75) is 13.5 Å². The molecule has 32 heavy (non-hydrogen) atoms. The quantitative estimate of drug-likeness (QED) is 0.482. The van der Waals surface area contributed by atoms with E-state index in [0.29, 0.717) is 44.2 Å². The molecule has 10 nitrogen and oxygen atoms in total. The molecule has 0 spiro atoms. The molecule has 0 atom stereocenters. The summed E-state index contributed by atoms with van der Waals surface area (Å²) in [6.45, 7) is 1.39. The van der Waals surface area contributed by atoms with Gasteiger partial charge in [0.15, 0.2) is 28.9 Å². The lowest BCUT2D eigenvalue weighted by molar-refractivity contribution is -0.124. The van der Waals surface area contributed by atoms with E-state index in [-0.39, 0.29) is 6.54 Å². The lowest BCUT2D eigenvalue weighted by Crippen LogP contribution is -2.28. The number of hydrogen-bond donors (Lipinski definition) is 1. The molecular weight excluding hydrogens is 436 g/mol. The predicted octanol–water partition coefficient (Wildman–Crippen LogP) is 2.41. The Morgan fingerprint density at radius 3 is 2.31 bits per heavy atom. The first-order valence-electron chi connectivity index (χ1n) is 9.44. The largest absolute Gasteiger partial charge is 0.496 e. The minimum absolute atomic E-state index is 0.148. The van der Waals surface area contributed by atoms with E-state index in [1.54, 1.807) is 37.5 Å². The van der Waals surface area contributed by atoms with Crippen LogP contribution in [0.4, 0.5) is 0 Å². The molecule has 0 radical (unpaired) electrons. The number of carbonyl (C=O) groups is 2. The van der Waals surface area contributed by atoms with Gasteiger partial charge in [-0.25, -0.2) is 19.7 Å². The van der Waals surface area contributed by atoms with Crippen molar-refractivity contribution in [1.82, 2.24) is 20.3 Å². The molecule has 1 N–H and O–H groups in total. The first kappa shape index (κ1) is 22.9. The van der Waals surface area contributed by atoms with Gasteiger partial charge < -0.3 is 24.3 Å². The van der Waals surface area contributed by atoms with Crippen molar-refractivity contribution in [2.24, 2.45) is 0 Å². The van der Waals surface area contributed by atoms with Crippen molar-refractivity contribution in [2.75, 3.05) is 27.9 Å². The van der Waals surface area contributed by atoms with Crippen LogP contribution in [-0.4, -0.2) is 54.8 Å². The number of rotatable bonds is 9. The van der Waals surface area contributed by atoms with Crippen molar-refractivity contribution in [3.8, 4) is 28.1 Å². The van der Waals surface area contributed by atoms with Crippen LogP contribution in [0.2, 0.25) is 0 Å². The van der Waals surface area contributed by atoms with Gasteiger partial charge in [-0.15, -0.1) is 11.3 Å². The number of nitrogens with one attached hydrogen (secondary N) is 1. The molecule has 0 unspecified atom stereocenters. The topological polar surface area (TPSA) is 122 Å². The van der Waals surface area contributed by atoms with E-state index < -0.39 is 18.5 Å². The molecule has 11 heteroatoms. The van der Waals surface area contributed by atoms with E-state index in [9.17, 15) is 9.59 Å². The summed E-state index contributed by atoms with van der Waals surface area (Å²) in [6, 6.07) is 5.06. The van der Waals surface area contributed by atoms with Gasteiger partial charge >= 0.3 is 5.97 Å². The number of methoxy groups -OCH3 is 3. The van der Waals surface area contributed by atoms with Crippen molar-refractivity contribution in [1.29, 1.82) is 0 Å². The second-order valence-corrected chi connectivity index (χ2v) is 7.38. The Labute approximate surface area is 188 Å². The number of benzene rings is 1. The lowest BCUT2D eigenvalue weighted by atomic mass is 10.1. The fourth-order valence-corrected chi connectivity index (χ4v) is 3.67.